The molecule has 0 saturated carbocycles. The second-order valence-electron chi connectivity index (χ2n) is 7.28. The van der Waals surface area contributed by atoms with Gasteiger partial charge in [-0.3, -0.25) is 9.59 Å². The number of rotatable bonds is 5. The highest BCUT2D eigenvalue weighted by molar-refractivity contribution is 6.10. The Balaban J connectivity index is 1.70. The third kappa shape index (κ3) is 2.94. The van der Waals surface area contributed by atoms with E-state index in [2.05, 4.69) is 6.07 Å². The van der Waals surface area contributed by atoms with Crippen LogP contribution in [0.2, 0.25) is 0 Å². The molecular weight excluding hydrogens is 354 g/mol. The molecule has 0 unspecified atom stereocenters. The van der Waals surface area contributed by atoms with Gasteiger partial charge in [-0.25, -0.2) is 0 Å². The van der Waals surface area contributed by atoms with E-state index in [0.29, 0.717) is 17.8 Å². The van der Waals surface area contributed by atoms with Crippen LogP contribution < -0.4 is 4.90 Å². The Bertz CT molecular complexity index is 1050. The Morgan fingerprint density at radius 1 is 1.11 bits per heavy atom. The Kier molecular flexibility index (Phi) is 4.40. The van der Waals surface area contributed by atoms with Crippen molar-refractivity contribution in [1.82, 2.24) is 0 Å². The van der Waals surface area contributed by atoms with Gasteiger partial charge >= 0.3 is 0 Å². The highest BCUT2D eigenvalue weighted by atomic mass is 16.3. The lowest BCUT2D eigenvalue weighted by Gasteiger charge is -2.23. The standard InChI is InChI=1S/C23H21NO4/c1-15-9-10-17(16(2)12-15)14-24-19-7-4-3-6-18(19)23(27,22(24)26)13-20(25)21-8-5-11-28-21/h3-12,27H,13-14H2,1-2H3/t23-/m1/s1. The van der Waals surface area contributed by atoms with Gasteiger partial charge in [0, 0.05) is 5.56 Å². The average molecular weight is 375 g/mol. The van der Waals surface area contributed by atoms with Gasteiger partial charge in [-0.15, -0.1) is 0 Å². The van der Waals surface area contributed by atoms with Crippen molar-refractivity contribution in [3.8, 4) is 0 Å². The van der Waals surface area contributed by atoms with Crippen LogP contribution in [0.25, 0.3) is 0 Å². The van der Waals surface area contributed by atoms with Gasteiger partial charge in [0.05, 0.1) is 24.9 Å². The lowest BCUT2D eigenvalue weighted by atomic mass is 9.89. The van der Waals surface area contributed by atoms with Crippen molar-refractivity contribution in [2.24, 2.45) is 0 Å². The molecule has 0 spiro atoms. The third-order valence-corrected chi connectivity index (χ3v) is 5.28. The Hall–Kier alpha value is -3.18. The normalized spacial score (nSPS) is 18.4. The van der Waals surface area contributed by atoms with E-state index in [1.54, 1.807) is 29.2 Å². The molecule has 4 rings (SSSR count). The maximum Gasteiger partial charge on any atom is 0.264 e. The fourth-order valence-corrected chi connectivity index (χ4v) is 3.78. The number of aliphatic hydroxyl groups is 1. The summed E-state index contributed by atoms with van der Waals surface area (Å²) in [6.07, 6.45) is 1.04. The SMILES string of the molecule is Cc1ccc(CN2C(=O)[C@@](O)(CC(=O)c3ccco3)c3ccccc32)c(C)c1. The molecule has 1 N–H and O–H groups in total. The number of anilines is 1. The monoisotopic (exact) mass is 375 g/mol. The molecule has 1 aliphatic heterocycles. The van der Waals surface area contributed by atoms with Crippen LogP contribution in [0.5, 0.6) is 0 Å². The number of nitrogens with zero attached hydrogens (tertiary/aromatic N) is 1. The quantitative estimate of drug-likeness (QED) is 0.687. The summed E-state index contributed by atoms with van der Waals surface area (Å²) in [5.41, 5.74) is 2.39. The molecule has 5 nitrogen and oxygen atoms in total. The summed E-state index contributed by atoms with van der Waals surface area (Å²) in [6.45, 7) is 4.35. The average Bonchev–Trinajstić information content (AvgIpc) is 3.27. The van der Waals surface area contributed by atoms with Crippen LogP contribution in [0.4, 0.5) is 5.69 Å². The number of hydrogen-bond acceptors (Lipinski definition) is 4. The molecule has 0 saturated heterocycles. The number of fused-ring (bicyclic) bond motifs is 1. The zero-order chi connectivity index (χ0) is 19.9. The highest BCUT2D eigenvalue weighted by Gasteiger charge is 2.51. The summed E-state index contributed by atoms with van der Waals surface area (Å²) in [6, 6.07) is 16.3. The van der Waals surface area contributed by atoms with E-state index in [4.69, 9.17) is 4.42 Å². The van der Waals surface area contributed by atoms with Crippen LogP contribution in [-0.2, 0) is 16.9 Å². The Morgan fingerprint density at radius 3 is 2.61 bits per heavy atom. The molecular formula is C23H21NO4. The summed E-state index contributed by atoms with van der Waals surface area (Å²) < 4.78 is 5.14. The van der Waals surface area contributed by atoms with Gasteiger partial charge in [-0.05, 0) is 43.2 Å². The molecule has 3 aromatic rings. The van der Waals surface area contributed by atoms with E-state index in [9.17, 15) is 14.7 Å². The first-order chi connectivity index (χ1) is 13.4. The predicted octanol–water partition coefficient (Wildman–Crippen LogP) is 3.90. The van der Waals surface area contributed by atoms with Crippen molar-refractivity contribution in [2.45, 2.75) is 32.4 Å². The van der Waals surface area contributed by atoms with Crippen LogP contribution in [0.15, 0.2) is 65.3 Å². The first-order valence-corrected chi connectivity index (χ1v) is 9.17. The number of benzene rings is 2. The molecule has 0 fully saturated rings. The first kappa shape index (κ1) is 18.2. The molecule has 0 radical (unpaired) electrons. The molecule has 1 aliphatic rings. The van der Waals surface area contributed by atoms with Gasteiger partial charge in [-0.2, -0.15) is 0 Å². The zero-order valence-corrected chi connectivity index (χ0v) is 15.8. The van der Waals surface area contributed by atoms with Crippen LogP contribution in [0, 0.1) is 13.8 Å². The summed E-state index contributed by atoms with van der Waals surface area (Å²) >= 11 is 0. The molecule has 1 atom stereocenters. The van der Waals surface area contributed by atoms with Gasteiger partial charge in [0.15, 0.2) is 11.4 Å². The Labute approximate surface area is 163 Å². The molecule has 5 heteroatoms. The van der Waals surface area contributed by atoms with Crippen molar-refractivity contribution >= 4 is 17.4 Å². The van der Waals surface area contributed by atoms with Gasteiger partial charge in [-0.1, -0.05) is 42.0 Å². The molecule has 28 heavy (non-hydrogen) atoms. The van der Waals surface area contributed by atoms with E-state index >= 15 is 0 Å². The van der Waals surface area contributed by atoms with E-state index in [1.807, 2.05) is 32.0 Å². The number of amides is 1. The van der Waals surface area contributed by atoms with Gasteiger partial charge in [0.2, 0.25) is 5.78 Å². The summed E-state index contributed by atoms with van der Waals surface area (Å²) in [5, 5.41) is 11.3. The van der Waals surface area contributed by atoms with Crippen molar-refractivity contribution in [3.05, 3.63) is 88.9 Å². The molecule has 0 bridgehead atoms. The summed E-state index contributed by atoms with van der Waals surface area (Å²) in [7, 11) is 0. The van der Waals surface area contributed by atoms with Crippen molar-refractivity contribution < 1.29 is 19.1 Å². The smallest absolute Gasteiger partial charge is 0.264 e. The number of ketones is 1. The number of carbonyl (C=O) groups is 2. The predicted molar refractivity (Wildman–Crippen MR) is 105 cm³/mol. The van der Waals surface area contributed by atoms with Crippen LogP contribution in [0.3, 0.4) is 0 Å². The molecule has 2 heterocycles. The topological polar surface area (TPSA) is 70.8 Å². The molecule has 0 aliphatic carbocycles. The fraction of sp³-hybridized carbons (Fsp3) is 0.217. The minimum atomic E-state index is -1.90. The van der Waals surface area contributed by atoms with Gasteiger partial charge < -0.3 is 14.4 Å². The van der Waals surface area contributed by atoms with E-state index in [0.717, 1.165) is 16.7 Å². The van der Waals surface area contributed by atoms with E-state index < -0.39 is 17.3 Å². The lowest BCUT2D eigenvalue weighted by molar-refractivity contribution is -0.136. The second kappa shape index (κ2) is 6.77. The number of furan rings is 1. The summed E-state index contributed by atoms with van der Waals surface area (Å²) in [4.78, 5) is 27.4. The van der Waals surface area contributed by atoms with Crippen LogP contribution in [-0.4, -0.2) is 16.8 Å². The molecule has 1 aromatic heterocycles. The van der Waals surface area contributed by atoms with Crippen molar-refractivity contribution in [1.29, 1.82) is 0 Å². The largest absolute Gasteiger partial charge is 0.461 e. The van der Waals surface area contributed by atoms with Crippen molar-refractivity contribution in [2.75, 3.05) is 4.90 Å². The highest BCUT2D eigenvalue weighted by Crippen LogP contribution is 2.43. The van der Waals surface area contributed by atoms with Crippen molar-refractivity contribution in [3.63, 3.8) is 0 Å². The van der Waals surface area contributed by atoms with E-state index in [1.165, 1.54) is 12.3 Å². The van der Waals surface area contributed by atoms with Gasteiger partial charge in [0.1, 0.15) is 0 Å². The molecule has 1 amide bonds. The maximum atomic E-state index is 13.3. The number of Topliss-reactive ketones (excluding diaryl/α,β-unsaturated/α-hetero) is 1. The van der Waals surface area contributed by atoms with Crippen LogP contribution in [0.1, 0.15) is 39.2 Å². The fourth-order valence-electron chi connectivity index (χ4n) is 3.78. The van der Waals surface area contributed by atoms with Crippen LogP contribution >= 0.6 is 0 Å². The molecule has 142 valence electrons. The first-order valence-electron chi connectivity index (χ1n) is 9.17. The third-order valence-electron chi connectivity index (χ3n) is 5.28. The number of para-hydroxylation sites is 1. The van der Waals surface area contributed by atoms with Gasteiger partial charge in [0.25, 0.3) is 5.91 Å². The van der Waals surface area contributed by atoms with E-state index in [-0.39, 0.29) is 12.2 Å². The summed E-state index contributed by atoms with van der Waals surface area (Å²) in [5.74, 6) is -0.774. The number of aryl methyl sites for hydroxylation is 2. The lowest BCUT2D eigenvalue weighted by Crippen LogP contribution is -2.41. The number of carbonyl (C=O) groups excluding carboxylic acids is 2. The second-order valence-corrected chi connectivity index (χ2v) is 7.28. The number of hydrogen-bond donors (Lipinski definition) is 1. The minimum absolute atomic E-state index is 0.131. The minimum Gasteiger partial charge on any atom is -0.461 e. The molecule has 2 aromatic carbocycles. The zero-order valence-electron chi connectivity index (χ0n) is 15.8. The maximum absolute atomic E-state index is 13.3. The Morgan fingerprint density at radius 2 is 1.89 bits per heavy atom.